The summed E-state index contributed by atoms with van der Waals surface area (Å²) >= 11 is 0. The van der Waals surface area contributed by atoms with Crippen LogP contribution in [0.25, 0.3) is 11.4 Å². The average molecular weight is 258 g/mol. The molecule has 1 N–H and O–H groups in total. The van der Waals surface area contributed by atoms with Gasteiger partial charge in [-0.15, -0.1) is 10.2 Å². The van der Waals surface area contributed by atoms with E-state index in [0.29, 0.717) is 24.5 Å². The second-order valence-electron chi connectivity index (χ2n) is 4.84. The number of aliphatic carboxylic acids is 1. The van der Waals surface area contributed by atoms with Crippen LogP contribution in [-0.2, 0) is 10.3 Å². The van der Waals surface area contributed by atoms with Crippen molar-refractivity contribution in [3.8, 4) is 11.4 Å². The quantitative estimate of drug-likeness (QED) is 0.904. The van der Waals surface area contributed by atoms with Gasteiger partial charge >= 0.3 is 5.97 Å². The van der Waals surface area contributed by atoms with Crippen LogP contribution in [0.3, 0.4) is 0 Å². The normalized spacial score (nSPS) is 16.9. The number of carbonyl (C=O) groups is 1. The van der Waals surface area contributed by atoms with Crippen molar-refractivity contribution in [2.45, 2.75) is 31.7 Å². The zero-order chi connectivity index (χ0) is 13.5. The highest BCUT2D eigenvalue weighted by Crippen LogP contribution is 2.42. The molecule has 0 amide bonds. The predicted octanol–water partition coefficient (Wildman–Crippen LogP) is 1.61. The maximum Gasteiger partial charge on any atom is 0.330 e. The number of hydrogen-bond acceptors (Lipinski definition) is 4. The highest BCUT2D eigenvalue weighted by atomic mass is 16.4. The van der Waals surface area contributed by atoms with Gasteiger partial charge in [0.05, 0.1) is 0 Å². The van der Waals surface area contributed by atoms with E-state index in [1.54, 1.807) is 30.0 Å². The molecule has 1 aliphatic rings. The van der Waals surface area contributed by atoms with Gasteiger partial charge in [-0.05, 0) is 38.3 Å². The van der Waals surface area contributed by atoms with E-state index in [-0.39, 0.29) is 0 Å². The van der Waals surface area contributed by atoms with Crippen LogP contribution in [-0.4, -0.2) is 30.8 Å². The molecule has 19 heavy (non-hydrogen) atoms. The minimum atomic E-state index is -0.890. The lowest BCUT2D eigenvalue weighted by Crippen LogP contribution is -2.48. The molecule has 0 aromatic carbocycles. The minimum absolute atomic E-state index is 0.577. The lowest BCUT2D eigenvalue weighted by Gasteiger charge is -2.40. The summed E-state index contributed by atoms with van der Waals surface area (Å²) in [6.45, 7) is 1.79. The molecule has 98 valence electrons. The van der Waals surface area contributed by atoms with E-state index in [1.165, 1.54) is 0 Å². The van der Waals surface area contributed by atoms with Gasteiger partial charge in [0.15, 0.2) is 5.82 Å². The number of carboxylic acids is 1. The molecule has 0 unspecified atom stereocenters. The topological polar surface area (TPSA) is 80.9 Å². The van der Waals surface area contributed by atoms with Gasteiger partial charge in [-0.3, -0.25) is 9.55 Å². The summed E-state index contributed by atoms with van der Waals surface area (Å²) in [7, 11) is 0. The Bertz CT molecular complexity index is 617. The average Bonchev–Trinajstić information content (AvgIpc) is 2.72. The van der Waals surface area contributed by atoms with E-state index >= 15 is 0 Å². The predicted molar refractivity (Wildman–Crippen MR) is 67.5 cm³/mol. The lowest BCUT2D eigenvalue weighted by atomic mass is 9.76. The molecule has 2 aromatic heterocycles. The first-order chi connectivity index (χ1) is 9.15. The van der Waals surface area contributed by atoms with E-state index in [9.17, 15) is 9.90 Å². The van der Waals surface area contributed by atoms with Gasteiger partial charge in [-0.2, -0.15) is 0 Å². The van der Waals surface area contributed by atoms with Crippen molar-refractivity contribution >= 4 is 5.97 Å². The first kappa shape index (κ1) is 11.8. The number of hydrogen-bond donors (Lipinski definition) is 1. The summed E-state index contributed by atoms with van der Waals surface area (Å²) < 4.78 is 1.75. The third kappa shape index (κ3) is 1.63. The number of aryl methyl sites for hydroxylation is 1. The molecule has 1 fully saturated rings. The van der Waals surface area contributed by atoms with Gasteiger partial charge in [0, 0.05) is 18.0 Å². The van der Waals surface area contributed by atoms with Crippen molar-refractivity contribution in [3.63, 3.8) is 0 Å². The molecule has 6 heteroatoms. The van der Waals surface area contributed by atoms with Crippen molar-refractivity contribution < 1.29 is 9.90 Å². The Kier molecular flexibility index (Phi) is 2.58. The molecule has 3 rings (SSSR count). The molecule has 0 radical (unpaired) electrons. The SMILES string of the molecule is Cc1nnc(-c2cccnc2)n1C1(C(=O)O)CCC1. The standard InChI is InChI=1S/C13H14N4O2/c1-9-15-16-11(10-4-2-7-14-8-10)17(9)13(12(18)19)5-3-6-13/h2,4,7-8H,3,5-6H2,1H3,(H,18,19). The van der Waals surface area contributed by atoms with Gasteiger partial charge < -0.3 is 5.11 Å². The third-order valence-corrected chi connectivity index (χ3v) is 3.75. The summed E-state index contributed by atoms with van der Waals surface area (Å²) in [5, 5.41) is 17.7. The second-order valence-corrected chi connectivity index (χ2v) is 4.84. The first-order valence-corrected chi connectivity index (χ1v) is 6.21. The molecule has 6 nitrogen and oxygen atoms in total. The van der Waals surface area contributed by atoms with Gasteiger partial charge in [0.2, 0.25) is 0 Å². The fourth-order valence-corrected chi connectivity index (χ4v) is 2.60. The van der Waals surface area contributed by atoms with Crippen LogP contribution < -0.4 is 0 Å². The number of carboxylic acid groups (broad SMARTS) is 1. The van der Waals surface area contributed by atoms with Crippen LogP contribution in [0.15, 0.2) is 24.5 Å². The molecule has 2 heterocycles. The molecular formula is C13H14N4O2. The summed E-state index contributed by atoms with van der Waals surface area (Å²) in [4.78, 5) is 15.7. The molecular weight excluding hydrogens is 244 g/mol. The largest absolute Gasteiger partial charge is 0.479 e. The Hall–Kier alpha value is -2.24. The molecule has 0 aliphatic heterocycles. The molecule has 1 aliphatic carbocycles. The van der Waals surface area contributed by atoms with Crippen molar-refractivity contribution in [1.29, 1.82) is 0 Å². The Morgan fingerprint density at radius 1 is 1.42 bits per heavy atom. The molecule has 0 bridgehead atoms. The van der Waals surface area contributed by atoms with Gasteiger partial charge in [0.25, 0.3) is 0 Å². The Labute approximate surface area is 110 Å². The van der Waals surface area contributed by atoms with Gasteiger partial charge in [-0.1, -0.05) is 0 Å². The fraction of sp³-hybridized carbons (Fsp3) is 0.385. The fourth-order valence-electron chi connectivity index (χ4n) is 2.60. The van der Waals surface area contributed by atoms with Crippen LogP contribution in [0.2, 0.25) is 0 Å². The summed E-state index contributed by atoms with van der Waals surface area (Å²) in [5.41, 5.74) is -0.103. The van der Waals surface area contributed by atoms with E-state index in [2.05, 4.69) is 15.2 Å². The van der Waals surface area contributed by atoms with Crippen molar-refractivity contribution in [2.75, 3.05) is 0 Å². The Balaban J connectivity index is 2.17. The number of aromatic nitrogens is 4. The Morgan fingerprint density at radius 2 is 2.21 bits per heavy atom. The number of pyridine rings is 1. The number of nitrogens with zero attached hydrogens (tertiary/aromatic N) is 4. The monoisotopic (exact) mass is 258 g/mol. The summed E-state index contributed by atoms with van der Waals surface area (Å²) in [6.07, 6.45) is 5.50. The van der Waals surface area contributed by atoms with Crippen LogP contribution in [0.5, 0.6) is 0 Å². The third-order valence-electron chi connectivity index (χ3n) is 3.75. The van der Waals surface area contributed by atoms with Gasteiger partial charge in [0.1, 0.15) is 11.4 Å². The molecule has 0 spiro atoms. The molecule has 0 saturated heterocycles. The molecule has 1 saturated carbocycles. The number of rotatable bonds is 3. The summed E-state index contributed by atoms with van der Waals surface area (Å²) in [5.74, 6) is 0.389. The first-order valence-electron chi connectivity index (χ1n) is 6.21. The zero-order valence-corrected chi connectivity index (χ0v) is 10.6. The maximum atomic E-state index is 11.6. The highest BCUT2D eigenvalue weighted by molar-refractivity contribution is 5.79. The van der Waals surface area contributed by atoms with Crippen LogP contribution in [0.1, 0.15) is 25.1 Å². The van der Waals surface area contributed by atoms with Crippen molar-refractivity contribution in [2.24, 2.45) is 0 Å². The van der Waals surface area contributed by atoms with Crippen molar-refractivity contribution in [1.82, 2.24) is 19.7 Å². The van der Waals surface area contributed by atoms with Crippen LogP contribution >= 0.6 is 0 Å². The minimum Gasteiger partial charge on any atom is -0.479 e. The second kappa shape index (κ2) is 4.15. The summed E-state index contributed by atoms with van der Waals surface area (Å²) in [6, 6.07) is 3.67. The molecule has 2 aromatic rings. The van der Waals surface area contributed by atoms with Gasteiger partial charge in [-0.25, -0.2) is 4.79 Å². The van der Waals surface area contributed by atoms with Crippen molar-refractivity contribution in [3.05, 3.63) is 30.4 Å². The maximum absolute atomic E-state index is 11.6. The van der Waals surface area contributed by atoms with E-state index < -0.39 is 11.5 Å². The van der Waals surface area contributed by atoms with Crippen LogP contribution in [0.4, 0.5) is 0 Å². The van der Waals surface area contributed by atoms with E-state index in [0.717, 1.165) is 12.0 Å². The van der Waals surface area contributed by atoms with E-state index in [4.69, 9.17) is 0 Å². The van der Waals surface area contributed by atoms with E-state index in [1.807, 2.05) is 6.07 Å². The lowest BCUT2D eigenvalue weighted by molar-refractivity contribution is -0.152. The van der Waals surface area contributed by atoms with Crippen LogP contribution in [0, 0.1) is 6.92 Å². The zero-order valence-electron chi connectivity index (χ0n) is 10.6. The Morgan fingerprint density at radius 3 is 2.74 bits per heavy atom. The highest BCUT2D eigenvalue weighted by Gasteiger charge is 2.48. The smallest absolute Gasteiger partial charge is 0.330 e. The molecule has 0 atom stereocenters.